The Kier molecular flexibility index (Phi) is 3.84. The number of nitrogens with one attached hydrogen (secondary N) is 1. The second-order valence-corrected chi connectivity index (χ2v) is 4.49. The van der Waals surface area contributed by atoms with Crippen molar-refractivity contribution in [3.05, 3.63) is 34.3 Å². The van der Waals surface area contributed by atoms with Gasteiger partial charge in [-0.25, -0.2) is 17.6 Å². The number of anilines is 1. The van der Waals surface area contributed by atoms with E-state index in [1.165, 1.54) is 0 Å². The number of alkyl halides is 2. The van der Waals surface area contributed by atoms with E-state index in [-0.39, 0.29) is 5.13 Å². The summed E-state index contributed by atoms with van der Waals surface area (Å²) >= 11 is 0.397. The molecule has 106 valence electrons. The fraction of sp³-hybridized carbons (Fsp3) is 0.100. The molecular formula is C10H5F4N3O2S. The van der Waals surface area contributed by atoms with Crippen LogP contribution in [0.4, 0.5) is 22.7 Å². The van der Waals surface area contributed by atoms with Crippen LogP contribution in [0.3, 0.4) is 0 Å². The first-order chi connectivity index (χ1) is 9.38. The molecule has 0 radical (unpaired) electrons. The minimum atomic E-state index is -2.85. The van der Waals surface area contributed by atoms with Crippen molar-refractivity contribution in [3.63, 3.8) is 0 Å². The van der Waals surface area contributed by atoms with Crippen LogP contribution in [0.15, 0.2) is 12.1 Å². The van der Waals surface area contributed by atoms with Crippen LogP contribution in [0.1, 0.15) is 21.8 Å². The molecule has 0 aliphatic carbocycles. The second kappa shape index (κ2) is 5.41. The van der Waals surface area contributed by atoms with Crippen molar-refractivity contribution in [2.45, 2.75) is 6.43 Å². The summed E-state index contributed by atoms with van der Waals surface area (Å²) in [7, 11) is 0. The van der Waals surface area contributed by atoms with Gasteiger partial charge in [0, 0.05) is 12.1 Å². The summed E-state index contributed by atoms with van der Waals surface area (Å²) < 4.78 is 50.7. The van der Waals surface area contributed by atoms with Crippen LogP contribution in [0.5, 0.6) is 5.75 Å². The van der Waals surface area contributed by atoms with Gasteiger partial charge in [-0.2, -0.15) is 0 Å². The van der Waals surface area contributed by atoms with E-state index in [0.29, 0.717) is 23.5 Å². The van der Waals surface area contributed by atoms with E-state index in [4.69, 9.17) is 0 Å². The molecule has 1 aromatic heterocycles. The van der Waals surface area contributed by atoms with E-state index < -0.39 is 40.3 Å². The quantitative estimate of drug-likeness (QED) is 0.855. The molecule has 0 aliphatic rings. The van der Waals surface area contributed by atoms with Gasteiger partial charge in [-0.3, -0.25) is 10.1 Å². The zero-order chi connectivity index (χ0) is 14.9. The molecule has 1 heterocycles. The number of nitrogens with zero attached hydrogens (tertiary/aromatic N) is 2. The molecule has 1 amide bonds. The molecule has 0 unspecified atom stereocenters. The van der Waals surface area contributed by atoms with Gasteiger partial charge in [0.15, 0.2) is 5.01 Å². The average Bonchev–Trinajstić information content (AvgIpc) is 2.75. The highest BCUT2D eigenvalue weighted by Gasteiger charge is 2.21. The monoisotopic (exact) mass is 307 g/mol. The van der Waals surface area contributed by atoms with Gasteiger partial charge in [0.05, 0.1) is 0 Å². The molecule has 10 heteroatoms. The molecule has 0 spiro atoms. The molecule has 0 fully saturated rings. The maximum Gasteiger partial charge on any atom is 0.291 e. The summed E-state index contributed by atoms with van der Waals surface area (Å²) in [5, 5.41) is 16.8. The molecule has 1 aromatic carbocycles. The van der Waals surface area contributed by atoms with E-state index >= 15 is 0 Å². The normalized spacial score (nSPS) is 10.8. The standard InChI is InChI=1S/C10H5F4N3O2S/c11-3-1-4(12)6(5(18)2-3)8(19)15-10-17-16-9(20-10)7(13)14/h1-2,7,18H,(H,15,17,19). The number of halogens is 4. The predicted molar refractivity (Wildman–Crippen MR) is 60.8 cm³/mol. The number of aromatic hydroxyl groups is 1. The minimum Gasteiger partial charge on any atom is -0.507 e. The lowest BCUT2D eigenvalue weighted by molar-refractivity contribution is 0.102. The van der Waals surface area contributed by atoms with Crippen molar-refractivity contribution >= 4 is 22.4 Å². The third-order valence-electron chi connectivity index (χ3n) is 2.11. The maximum atomic E-state index is 13.4. The van der Waals surface area contributed by atoms with Gasteiger partial charge >= 0.3 is 0 Å². The second-order valence-electron chi connectivity index (χ2n) is 3.48. The van der Waals surface area contributed by atoms with Gasteiger partial charge < -0.3 is 5.11 Å². The van der Waals surface area contributed by atoms with E-state index in [9.17, 15) is 27.5 Å². The first kappa shape index (κ1) is 14.2. The molecule has 20 heavy (non-hydrogen) atoms. The Hall–Kier alpha value is -2.23. The number of carbonyl (C=O) groups is 1. The fourth-order valence-electron chi connectivity index (χ4n) is 1.32. The van der Waals surface area contributed by atoms with Crippen LogP contribution in [0.25, 0.3) is 0 Å². The fourth-order valence-corrected chi connectivity index (χ4v) is 1.91. The first-order valence-corrected chi connectivity index (χ1v) is 5.81. The molecular weight excluding hydrogens is 302 g/mol. The Morgan fingerprint density at radius 3 is 2.55 bits per heavy atom. The van der Waals surface area contributed by atoms with Gasteiger partial charge in [0.2, 0.25) is 5.13 Å². The van der Waals surface area contributed by atoms with Gasteiger partial charge in [0.1, 0.15) is 22.9 Å². The number of amides is 1. The number of carbonyl (C=O) groups excluding carboxylic acids is 1. The molecule has 5 nitrogen and oxygen atoms in total. The number of rotatable bonds is 3. The van der Waals surface area contributed by atoms with Crippen LogP contribution in [-0.2, 0) is 0 Å². The highest BCUT2D eigenvalue weighted by atomic mass is 32.1. The van der Waals surface area contributed by atoms with Crippen molar-refractivity contribution in [1.29, 1.82) is 0 Å². The van der Waals surface area contributed by atoms with Gasteiger partial charge in [-0.15, -0.1) is 10.2 Å². The predicted octanol–water partition coefficient (Wildman–Crippen LogP) is 2.71. The molecule has 2 aromatic rings. The Balaban J connectivity index is 2.24. The average molecular weight is 307 g/mol. The highest BCUT2D eigenvalue weighted by Crippen LogP contribution is 2.27. The summed E-state index contributed by atoms with van der Waals surface area (Å²) in [6.45, 7) is 0. The molecule has 0 bridgehead atoms. The van der Waals surface area contributed by atoms with Crippen molar-refractivity contribution in [1.82, 2.24) is 10.2 Å². The van der Waals surface area contributed by atoms with Crippen molar-refractivity contribution < 1.29 is 27.5 Å². The molecule has 2 N–H and O–H groups in total. The van der Waals surface area contributed by atoms with Crippen LogP contribution >= 0.6 is 11.3 Å². The Morgan fingerprint density at radius 1 is 1.30 bits per heavy atom. The van der Waals surface area contributed by atoms with Gasteiger partial charge in [-0.05, 0) is 0 Å². The van der Waals surface area contributed by atoms with E-state index in [2.05, 4.69) is 10.2 Å². The summed E-state index contributed by atoms with van der Waals surface area (Å²) in [5.41, 5.74) is -0.819. The SMILES string of the molecule is O=C(Nc1nnc(C(F)F)s1)c1c(O)cc(F)cc1F. The maximum absolute atomic E-state index is 13.4. The van der Waals surface area contributed by atoms with E-state index in [1.54, 1.807) is 0 Å². The van der Waals surface area contributed by atoms with Crippen LogP contribution in [0.2, 0.25) is 0 Å². The van der Waals surface area contributed by atoms with Crippen molar-refractivity contribution in [2.75, 3.05) is 5.32 Å². The van der Waals surface area contributed by atoms with Gasteiger partial charge in [-0.1, -0.05) is 11.3 Å². The molecule has 0 atom stereocenters. The molecule has 0 aliphatic heterocycles. The molecule has 0 saturated heterocycles. The zero-order valence-electron chi connectivity index (χ0n) is 9.40. The lowest BCUT2D eigenvalue weighted by atomic mass is 10.1. The Morgan fingerprint density at radius 2 is 2.00 bits per heavy atom. The summed E-state index contributed by atoms with van der Waals surface area (Å²) in [5.74, 6) is -4.43. The van der Waals surface area contributed by atoms with Crippen LogP contribution < -0.4 is 5.32 Å². The topological polar surface area (TPSA) is 75.1 Å². The third-order valence-corrected chi connectivity index (χ3v) is 2.96. The number of aromatic nitrogens is 2. The van der Waals surface area contributed by atoms with Gasteiger partial charge in [0.25, 0.3) is 12.3 Å². The number of phenolic OH excluding ortho intramolecular Hbond substituents is 1. The lowest BCUT2D eigenvalue weighted by Gasteiger charge is -2.05. The number of hydrogen-bond acceptors (Lipinski definition) is 5. The van der Waals surface area contributed by atoms with Crippen LogP contribution in [0, 0.1) is 11.6 Å². The van der Waals surface area contributed by atoms with E-state index in [1.807, 2.05) is 5.32 Å². The first-order valence-electron chi connectivity index (χ1n) is 4.99. The Labute approximate surface area is 112 Å². The largest absolute Gasteiger partial charge is 0.507 e. The number of benzene rings is 1. The highest BCUT2D eigenvalue weighted by molar-refractivity contribution is 7.15. The van der Waals surface area contributed by atoms with E-state index in [0.717, 1.165) is 0 Å². The molecule has 0 saturated carbocycles. The summed E-state index contributed by atoms with van der Waals surface area (Å²) in [4.78, 5) is 11.7. The molecule has 2 rings (SSSR count). The summed E-state index contributed by atoms with van der Waals surface area (Å²) in [6.07, 6.45) is -2.85. The smallest absolute Gasteiger partial charge is 0.291 e. The minimum absolute atomic E-state index is 0.298. The van der Waals surface area contributed by atoms with Crippen molar-refractivity contribution in [2.24, 2.45) is 0 Å². The van der Waals surface area contributed by atoms with Crippen molar-refractivity contribution in [3.8, 4) is 5.75 Å². The number of hydrogen-bond donors (Lipinski definition) is 2. The number of phenols is 1. The van der Waals surface area contributed by atoms with Crippen LogP contribution in [-0.4, -0.2) is 21.2 Å². The zero-order valence-corrected chi connectivity index (χ0v) is 10.2. The Bertz CT molecular complexity index is 639. The summed E-state index contributed by atoms with van der Waals surface area (Å²) in [6, 6.07) is 0.946. The lowest BCUT2D eigenvalue weighted by Crippen LogP contribution is -2.14. The third kappa shape index (κ3) is 2.85.